The summed E-state index contributed by atoms with van der Waals surface area (Å²) in [5.41, 5.74) is 1.61. The van der Waals surface area contributed by atoms with Crippen molar-refractivity contribution in [2.75, 3.05) is 11.9 Å². The van der Waals surface area contributed by atoms with E-state index < -0.39 is 5.60 Å². The molecular weight excluding hydrogens is 284 g/mol. The van der Waals surface area contributed by atoms with Gasteiger partial charge in [0.25, 0.3) is 0 Å². The van der Waals surface area contributed by atoms with Crippen LogP contribution in [-0.2, 0) is 12.8 Å². The lowest BCUT2D eigenvalue weighted by Crippen LogP contribution is -2.47. The standard InChI is InChI=1S/C16H18N2O2S/c19-15(18-14-6-3-9-21-14)17-11-16(20)8-7-12-4-1-2-5-13(12)10-16/h1-6,9,20H,7-8,10-11H2,(H2,17,18,19)/t16-/m0/s1. The van der Waals surface area contributed by atoms with Crippen molar-refractivity contribution in [3.8, 4) is 0 Å². The van der Waals surface area contributed by atoms with Crippen LogP contribution in [-0.4, -0.2) is 23.3 Å². The molecule has 21 heavy (non-hydrogen) atoms. The SMILES string of the molecule is O=C(NC[C@]1(O)CCc2ccccc2C1)Nc1cccs1. The van der Waals surface area contributed by atoms with E-state index in [9.17, 15) is 9.90 Å². The second kappa shape index (κ2) is 5.87. The van der Waals surface area contributed by atoms with E-state index in [2.05, 4.69) is 16.7 Å². The first-order valence-electron chi connectivity index (χ1n) is 7.02. The highest BCUT2D eigenvalue weighted by molar-refractivity contribution is 7.14. The van der Waals surface area contributed by atoms with E-state index in [0.717, 1.165) is 11.4 Å². The van der Waals surface area contributed by atoms with Crippen LogP contribution in [0.2, 0.25) is 0 Å². The number of carbonyl (C=O) groups is 1. The van der Waals surface area contributed by atoms with Gasteiger partial charge in [-0.3, -0.25) is 5.32 Å². The summed E-state index contributed by atoms with van der Waals surface area (Å²) in [5, 5.41) is 18.9. The summed E-state index contributed by atoms with van der Waals surface area (Å²) < 4.78 is 0. The summed E-state index contributed by atoms with van der Waals surface area (Å²) in [5.74, 6) is 0. The van der Waals surface area contributed by atoms with Crippen LogP contribution in [0.25, 0.3) is 0 Å². The molecule has 1 aromatic heterocycles. The minimum Gasteiger partial charge on any atom is -0.388 e. The van der Waals surface area contributed by atoms with Gasteiger partial charge in [-0.15, -0.1) is 11.3 Å². The van der Waals surface area contributed by atoms with Crippen molar-refractivity contribution in [1.29, 1.82) is 0 Å². The first kappa shape index (κ1) is 14.1. The lowest BCUT2D eigenvalue weighted by molar-refractivity contribution is 0.0295. The van der Waals surface area contributed by atoms with Crippen molar-refractivity contribution < 1.29 is 9.90 Å². The number of amides is 2. The van der Waals surface area contributed by atoms with Gasteiger partial charge in [0.1, 0.15) is 0 Å². The summed E-state index contributed by atoms with van der Waals surface area (Å²) in [7, 11) is 0. The van der Waals surface area contributed by atoms with Gasteiger partial charge in [-0.05, 0) is 41.5 Å². The molecule has 1 aromatic carbocycles. The third-order valence-corrected chi connectivity index (χ3v) is 4.62. The molecule has 1 aliphatic rings. The molecule has 0 aliphatic heterocycles. The van der Waals surface area contributed by atoms with Crippen LogP contribution in [0.15, 0.2) is 41.8 Å². The zero-order chi connectivity index (χ0) is 14.7. The van der Waals surface area contributed by atoms with Gasteiger partial charge < -0.3 is 10.4 Å². The topological polar surface area (TPSA) is 61.4 Å². The fourth-order valence-electron chi connectivity index (χ4n) is 2.69. The predicted octanol–water partition coefficient (Wildman–Crippen LogP) is 2.79. The van der Waals surface area contributed by atoms with Crippen molar-refractivity contribution in [2.24, 2.45) is 0 Å². The van der Waals surface area contributed by atoms with Crippen molar-refractivity contribution in [2.45, 2.75) is 24.9 Å². The number of rotatable bonds is 3. The third kappa shape index (κ3) is 3.43. The molecule has 1 atom stereocenters. The van der Waals surface area contributed by atoms with Gasteiger partial charge in [0.2, 0.25) is 0 Å². The van der Waals surface area contributed by atoms with Gasteiger partial charge in [-0.2, -0.15) is 0 Å². The zero-order valence-electron chi connectivity index (χ0n) is 11.6. The number of carbonyl (C=O) groups excluding carboxylic acids is 1. The van der Waals surface area contributed by atoms with E-state index in [-0.39, 0.29) is 12.6 Å². The Morgan fingerprint density at radius 2 is 2.05 bits per heavy atom. The van der Waals surface area contributed by atoms with Crippen LogP contribution >= 0.6 is 11.3 Å². The molecule has 3 N–H and O–H groups in total. The molecule has 0 saturated carbocycles. The zero-order valence-corrected chi connectivity index (χ0v) is 12.5. The maximum atomic E-state index is 11.8. The Bertz CT molecular complexity index is 627. The Balaban J connectivity index is 1.57. The number of hydrogen-bond acceptors (Lipinski definition) is 3. The Kier molecular flexibility index (Phi) is 3.94. The van der Waals surface area contributed by atoms with E-state index in [4.69, 9.17) is 0 Å². The Hall–Kier alpha value is -1.85. The second-order valence-electron chi connectivity index (χ2n) is 5.45. The highest BCUT2D eigenvalue weighted by atomic mass is 32.1. The molecule has 1 aliphatic carbocycles. The summed E-state index contributed by atoms with van der Waals surface area (Å²) in [6, 6.07) is 11.6. The Morgan fingerprint density at radius 3 is 2.81 bits per heavy atom. The molecule has 0 fully saturated rings. The molecule has 2 aromatic rings. The van der Waals surface area contributed by atoms with E-state index in [1.54, 1.807) is 0 Å². The lowest BCUT2D eigenvalue weighted by Gasteiger charge is -2.33. The average molecular weight is 302 g/mol. The first-order valence-corrected chi connectivity index (χ1v) is 7.90. The summed E-state index contributed by atoms with van der Waals surface area (Å²) in [4.78, 5) is 11.8. The van der Waals surface area contributed by atoms with Gasteiger partial charge in [0.15, 0.2) is 0 Å². The minimum atomic E-state index is -0.860. The maximum Gasteiger partial charge on any atom is 0.319 e. The van der Waals surface area contributed by atoms with Crippen LogP contribution in [0, 0.1) is 0 Å². The second-order valence-corrected chi connectivity index (χ2v) is 6.40. The number of urea groups is 1. The summed E-state index contributed by atoms with van der Waals surface area (Å²) in [6.45, 7) is 0.262. The molecule has 0 bridgehead atoms. The molecule has 0 radical (unpaired) electrons. The molecule has 0 unspecified atom stereocenters. The average Bonchev–Trinajstić information content (AvgIpc) is 2.98. The van der Waals surface area contributed by atoms with Gasteiger partial charge in [-0.25, -0.2) is 4.79 Å². The number of hydrogen-bond donors (Lipinski definition) is 3. The highest BCUT2D eigenvalue weighted by Crippen LogP contribution is 2.28. The van der Waals surface area contributed by atoms with Crippen molar-refractivity contribution in [3.05, 3.63) is 52.9 Å². The van der Waals surface area contributed by atoms with Crippen LogP contribution < -0.4 is 10.6 Å². The Morgan fingerprint density at radius 1 is 1.24 bits per heavy atom. The van der Waals surface area contributed by atoms with Gasteiger partial charge in [0.05, 0.1) is 10.6 Å². The van der Waals surface area contributed by atoms with Gasteiger partial charge >= 0.3 is 6.03 Å². The van der Waals surface area contributed by atoms with E-state index in [1.807, 2.05) is 35.7 Å². The number of aliphatic hydroxyl groups is 1. The van der Waals surface area contributed by atoms with Gasteiger partial charge in [0, 0.05) is 13.0 Å². The normalized spacial score (nSPS) is 20.6. The molecule has 5 heteroatoms. The molecular formula is C16H18N2O2S. The first-order chi connectivity index (χ1) is 10.1. The van der Waals surface area contributed by atoms with Crippen LogP contribution in [0.1, 0.15) is 17.5 Å². The molecule has 1 heterocycles. The summed E-state index contributed by atoms with van der Waals surface area (Å²) in [6.07, 6.45) is 2.10. The van der Waals surface area contributed by atoms with E-state index in [1.165, 1.54) is 22.5 Å². The van der Waals surface area contributed by atoms with Crippen molar-refractivity contribution in [1.82, 2.24) is 5.32 Å². The molecule has 110 valence electrons. The molecule has 3 rings (SSSR count). The van der Waals surface area contributed by atoms with Crippen LogP contribution in [0.5, 0.6) is 0 Å². The predicted molar refractivity (Wildman–Crippen MR) is 84.8 cm³/mol. The number of anilines is 1. The number of aryl methyl sites for hydroxylation is 1. The highest BCUT2D eigenvalue weighted by Gasteiger charge is 2.32. The van der Waals surface area contributed by atoms with E-state index in [0.29, 0.717) is 12.8 Å². The van der Waals surface area contributed by atoms with Gasteiger partial charge in [-0.1, -0.05) is 24.3 Å². The number of nitrogens with one attached hydrogen (secondary N) is 2. The van der Waals surface area contributed by atoms with Crippen molar-refractivity contribution >= 4 is 22.4 Å². The maximum absolute atomic E-state index is 11.8. The number of thiophene rings is 1. The fraction of sp³-hybridized carbons (Fsp3) is 0.312. The Labute approximate surface area is 127 Å². The van der Waals surface area contributed by atoms with E-state index >= 15 is 0 Å². The fourth-order valence-corrected chi connectivity index (χ4v) is 3.30. The number of benzene rings is 1. The monoisotopic (exact) mass is 302 g/mol. The minimum absolute atomic E-state index is 0.262. The third-order valence-electron chi connectivity index (χ3n) is 3.83. The molecule has 4 nitrogen and oxygen atoms in total. The summed E-state index contributed by atoms with van der Waals surface area (Å²) >= 11 is 1.47. The smallest absolute Gasteiger partial charge is 0.319 e. The van der Waals surface area contributed by atoms with Crippen LogP contribution in [0.4, 0.5) is 9.80 Å². The molecule has 0 saturated heterocycles. The lowest BCUT2D eigenvalue weighted by atomic mass is 9.80. The molecule has 2 amide bonds. The quantitative estimate of drug-likeness (QED) is 0.816. The largest absolute Gasteiger partial charge is 0.388 e. The number of fused-ring (bicyclic) bond motifs is 1. The van der Waals surface area contributed by atoms with Crippen LogP contribution in [0.3, 0.4) is 0 Å². The molecule has 0 spiro atoms. The van der Waals surface area contributed by atoms with Crippen molar-refractivity contribution in [3.63, 3.8) is 0 Å².